The van der Waals surface area contributed by atoms with Crippen molar-refractivity contribution in [3.05, 3.63) is 12.7 Å². The minimum atomic E-state index is -0.134. The molecule has 1 heterocycles. The second-order valence-electron chi connectivity index (χ2n) is 3.05. The highest BCUT2D eigenvalue weighted by Crippen LogP contribution is 2.02. The van der Waals surface area contributed by atoms with Crippen molar-refractivity contribution < 1.29 is 9.53 Å². The maximum atomic E-state index is 10.8. The molecule has 0 atom stereocenters. The molecule has 0 amide bonds. The smallest absolute Gasteiger partial charge is 0.305 e. The lowest BCUT2D eigenvalue weighted by atomic mass is 10.2. The highest BCUT2D eigenvalue weighted by Gasteiger charge is 1.99. The van der Waals surface area contributed by atoms with Crippen LogP contribution in [0.3, 0.4) is 0 Å². The quantitative estimate of drug-likeness (QED) is 0.504. The Hall–Kier alpha value is -1.39. The second-order valence-corrected chi connectivity index (χ2v) is 3.05. The molecule has 0 saturated heterocycles. The molecule has 0 radical (unpaired) electrons. The van der Waals surface area contributed by atoms with Crippen LogP contribution in [0.15, 0.2) is 12.7 Å². The van der Waals surface area contributed by atoms with E-state index in [0.29, 0.717) is 6.42 Å². The first-order chi connectivity index (χ1) is 6.83. The summed E-state index contributed by atoms with van der Waals surface area (Å²) in [6, 6.07) is 0. The molecule has 5 heteroatoms. The summed E-state index contributed by atoms with van der Waals surface area (Å²) in [4.78, 5) is 14.6. The van der Waals surface area contributed by atoms with Crippen molar-refractivity contribution in [1.82, 2.24) is 14.8 Å². The number of esters is 1. The lowest BCUT2D eigenvalue weighted by molar-refractivity contribution is -0.140. The maximum absolute atomic E-state index is 10.8. The van der Waals surface area contributed by atoms with Gasteiger partial charge in [-0.15, -0.1) is 0 Å². The van der Waals surface area contributed by atoms with E-state index in [1.807, 2.05) is 0 Å². The molecule has 0 aliphatic heterocycles. The van der Waals surface area contributed by atoms with Gasteiger partial charge >= 0.3 is 5.97 Å². The van der Waals surface area contributed by atoms with E-state index < -0.39 is 0 Å². The number of hydrogen-bond donors (Lipinski definition) is 0. The van der Waals surface area contributed by atoms with Gasteiger partial charge < -0.3 is 4.74 Å². The zero-order valence-corrected chi connectivity index (χ0v) is 8.35. The van der Waals surface area contributed by atoms with Crippen LogP contribution in [0.1, 0.15) is 25.7 Å². The molecule has 0 spiro atoms. The fourth-order valence-corrected chi connectivity index (χ4v) is 1.17. The van der Waals surface area contributed by atoms with E-state index in [4.69, 9.17) is 0 Å². The van der Waals surface area contributed by atoms with Crippen LogP contribution in [0.4, 0.5) is 0 Å². The van der Waals surface area contributed by atoms with E-state index in [1.165, 1.54) is 13.4 Å². The van der Waals surface area contributed by atoms with E-state index >= 15 is 0 Å². The van der Waals surface area contributed by atoms with Gasteiger partial charge in [-0.1, -0.05) is 6.42 Å². The molecule has 78 valence electrons. The van der Waals surface area contributed by atoms with Crippen molar-refractivity contribution in [3.8, 4) is 0 Å². The number of methoxy groups -OCH3 is 1. The standard InChI is InChI=1S/C9H15N3O2/c1-14-9(13)5-3-2-4-6-12-8-10-7-11-12/h7-8H,2-6H2,1H3. The van der Waals surface area contributed by atoms with E-state index in [0.717, 1.165) is 25.8 Å². The number of unbranched alkanes of at least 4 members (excludes halogenated alkanes) is 2. The zero-order chi connectivity index (χ0) is 10.2. The van der Waals surface area contributed by atoms with Crippen LogP contribution >= 0.6 is 0 Å². The van der Waals surface area contributed by atoms with Crippen molar-refractivity contribution in [1.29, 1.82) is 0 Å². The summed E-state index contributed by atoms with van der Waals surface area (Å²) in [6.45, 7) is 0.862. The van der Waals surface area contributed by atoms with Gasteiger partial charge in [-0.2, -0.15) is 5.10 Å². The van der Waals surface area contributed by atoms with Crippen LogP contribution in [0.5, 0.6) is 0 Å². The molecule has 0 N–H and O–H groups in total. The van der Waals surface area contributed by atoms with Gasteiger partial charge in [0.05, 0.1) is 7.11 Å². The topological polar surface area (TPSA) is 57.0 Å². The number of carbonyl (C=O) groups is 1. The largest absolute Gasteiger partial charge is 0.469 e. The molecule has 0 unspecified atom stereocenters. The predicted molar refractivity (Wildman–Crippen MR) is 50.5 cm³/mol. The average Bonchev–Trinajstić information content (AvgIpc) is 2.69. The maximum Gasteiger partial charge on any atom is 0.305 e. The summed E-state index contributed by atoms with van der Waals surface area (Å²) in [6.07, 6.45) is 6.62. The number of hydrogen-bond acceptors (Lipinski definition) is 4. The Labute approximate surface area is 83.1 Å². The van der Waals surface area contributed by atoms with Gasteiger partial charge in [-0.05, 0) is 12.8 Å². The SMILES string of the molecule is COC(=O)CCCCCn1cncn1. The number of aromatic nitrogens is 3. The third-order valence-electron chi connectivity index (χ3n) is 1.96. The summed E-state index contributed by atoms with van der Waals surface area (Å²) < 4.78 is 6.33. The molecule has 5 nitrogen and oxygen atoms in total. The first kappa shape index (κ1) is 10.7. The van der Waals surface area contributed by atoms with E-state index in [9.17, 15) is 4.79 Å². The van der Waals surface area contributed by atoms with Gasteiger partial charge in [0.1, 0.15) is 12.7 Å². The molecule has 0 bridgehead atoms. The van der Waals surface area contributed by atoms with Gasteiger partial charge in [0.2, 0.25) is 0 Å². The lowest BCUT2D eigenvalue weighted by Gasteiger charge is -2.00. The van der Waals surface area contributed by atoms with E-state index in [2.05, 4.69) is 14.8 Å². The van der Waals surface area contributed by atoms with Crippen molar-refractivity contribution in [2.45, 2.75) is 32.2 Å². The fourth-order valence-electron chi connectivity index (χ4n) is 1.17. The average molecular weight is 197 g/mol. The Morgan fingerprint density at radius 1 is 1.43 bits per heavy atom. The summed E-state index contributed by atoms with van der Waals surface area (Å²) in [5.74, 6) is -0.134. The van der Waals surface area contributed by atoms with Crippen molar-refractivity contribution in [2.75, 3.05) is 7.11 Å². The number of ether oxygens (including phenoxy) is 1. The van der Waals surface area contributed by atoms with Crippen LogP contribution in [0, 0.1) is 0 Å². The van der Waals surface area contributed by atoms with Crippen molar-refractivity contribution in [2.24, 2.45) is 0 Å². The van der Waals surface area contributed by atoms with Crippen LogP contribution in [-0.2, 0) is 16.1 Å². The molecule has 0 saturated carbocycles. The summed E-state index contributed by atoms with van der Waals surface area (Å²) in [7, 11) is 1.41. The molecule has 1 aromatic heterocycles. The molecule has 0 aliphatic rings. The van der Waals surface area contributed by atoms with E-state index in [-0.39, 0.29) is 5.97 Å². The van der Waals surface area contributed by atoms with E-state index in [1.54, 1.807) is 11.0 Å². The fraction of sp³-hybridized carbons (Fsp3) is 0.667. The van der Waals surface area contributed by atoms with Gasteiger partial charge in [-0.3, -0.25) is 9.48 Å². The zero-order valence-electron chi connectivity index (χ0n) is 8.35. The molecule has 0 fully saturated rings. The van der Waals surface area contributed by atoms with Crippen LogP contribution < -0.4 is 0 Å². The number of carbonyl (C=O) groups excluding carboxylic acids is 1. The van der Waals surface area contributed by atoms with Gasteiger partial charge in [-0.25, -0.2) is 4.98 Å². The third kappa shape index (κ3) is 4.02. The highest BCUT2D eigenvalue weighted by molar-refractivity contribution is 5.68. The lowest BCUT2D eigenvalue weighted by Crippen LogP contribution is -2.01. The van der Waals surface area contributed by atoms with Crippen LogP contribution in [0.25, 0.3) is 0 Å². The first-order valence-electron chi connectivity index (χ1n) is 4.72. The monoisotopic (exact) mass is 197 g/mol. The summed E-state index contributed by atoms with van der Waals surface area (Å²) >= 11 is 0. The molecule has 1 rings (SSSR count). The van der Waals surface area contributed by atoms with Gasteiger partial charge in [0.15, 0.2) is 0 Å². The second kappa shape index (κ2) is 6.12. The Balaban J connectivity index is 1.97. The first-order valence-corrected chi connectivity index (χ1v) is 4.72. The van der Waals surface area contributed by atoms with Gasteiger partial charge in [0, 0.05) is 13.0 Å². The third-order valence-corrected chi connectivity index (χ3v) is 1.96. The summed E-state index contributed by atoms with van der Waals surface area (Å²) in [5, 5.41) is 3.98. The van der Waals surface area contributed by atoms with Crippen LogP contribution in [0.2, 0.25) is 0 Å². The number of rotatable bonds is 6. The summed E-state index contributed by atoms with van der Waals surface area (Å²) in [5.41, 5.74) is 0. The number of aryl methyl sites for hydroxylation is 1. The molecule has 14 heavy (non-hydrogen) atoms. The minimum Gasteiger partial charge on any atom is -0.469 e. The molecular formula is C9H15N3O2. The minimum absolute atomic E-state index is 0.134. The Kier molecular flexibility index (Phi) is 4.68. The molecular weight excluding hydrogens is 182 g/mol. The normalized spacial score (nSPS) is 10.1. The molecule has 0 aliphatic carbocycles. The van der Waals surface area contributed by atoms with Gasteiger partial charge in [0.25, 0.3) is 0 Å². The van der Waals surface area contributed by atoms with Crippen LogP contribution in [-0.4, -0.2) is 27.8 Å². The Bertz CT molecular complexity index is 259. The Morgan fingerprint density at radius 2 is 2.29 bits per heavy atom. The number of nitrogens with zero attached hydrogens (tertiary/aromatic N) is 3. The highest BCUT2D eigenvalue weighted by atomic mass is 16.5. The predicted octanol–water partition coefficient (Wildman–Crippen LogP) is 1.01. The molecule has 0 aromatic carbocycles. The van der Waals surface area contributed by atoms with Crippen molar-refractivity contribution in [3.63, 3.8) is 0 Å². The van der Waals surface area contributed by atoms with Crippen molar-refractivity contribution >= 4 is 5.97 Å². The molecule has 1 aromatic rings. The Morgan fingerprint density at radius 3 is 2.93 bits per heavy atom.